The maximum Gasteiger partial charge on any atom is 0.278 e. The van der Waals surface area contributed by atoms with Gasteiger partial charge >= 0.3 is 0 Å². The number of imidazole rings is 1. The van der Waals surface area contributed by atoms with E-state index in [0.29, 0.717) is 22.1 Å². The van der Waals surface area contributed by atoms with Crippen LogP contribution in [0, 0.1) is 5.82 Å². The first kappa shape index (κ1) is 28.1. The Morgan fingerprint density at radius 3 is 2.65 bits per heavy atom. The van der Waals surface area contributed by atoms with Crippen LogP contribution in [0.4, 0.5) is 10.1 Å². The Hall–Kier alpha value is -3.66. The molecule has 8 nitrogen and oxygen atoms in total. The van der Waals surface area contributed by atoms with Crippen LogP contribution in [0.3, 0.4) is 0 Å². The second kappa shape index (κ2) is 11.1. The van der Waals surface area contributed by atoms with E-state index in [1.54, 1.807) is 19.1 Å². The van der Waals surface area contributed by atoms with E-state index in [0.717, 1.165) is 80.2 Å². The molecule has 1 N–H and O–H groups in total. The molecule has 2 saturated heterocycles. The monoisotopic (exact) mass is 604 g/mol. The molecule has 7 rings (SSSR count). The molecule has 1 amide bonds. The second-order valence-corrected chi connectivity index (χ2v) is 12.2. The fourth-order valence-corrected chi connectivity index (χ4v) is 6.62. The first-order chi connectivity index (χ1) is 20.8. The molecule has 224 valence electrons. The summed E-state index contributed by atoms with van der Waals surface area (Å²) in [7, 11) is 0. The third-order valence-electron chi connectivity index (χ3n) is 8.75. The Morgan fingerprint density at radius 1 is 1.12 bits per heavy atom. The molecular formula is C33H34ClFN4O4. The van der Waals surface area contributed by atoms with Gasteiger partial charge < -0.3 is 24.1 Å². The molecule has 3 aromatic carbocycles. The average molecular weight is 605 g/mol. The highest BCUT2D eigenvalue weighted by Gasteiger charge is 2.43. The number of piperidine rings is 1. The zero-order valence-electron chi connectivity index (χ0n) is 24.2. The molecule has 2 fully saturated rings. The summed E-state index contributed by atoms with van der Waals surface area (Å²) >= 11 is 5.98. The molecule has 43 heavy (non-hydrogen) atoms. The number of fused-ring (bicyclic) bond motifs is 2. The van der Waals surface area contributed by atoms with Crippen molar-refractivity contribution < 1.29 is 23.4 Å². The Balaban J connectivity index is 1.07. The number of amides is 1. The standard InChI is InChI=1S/C33H34ClFN4O4/c1-20(40)36-23-7-9-29-28(17-23)37-31(39(29)18-24-12-15-41-24)19-38-13-10-21(11-14-38)25-4-3-5-30-32(25)43-33(2,42-30)26-8-6-22(34)16-27(26)35/h3-9,16-17,21,24H,10-15,18-19H2,1-2H3,(H,36,40). The number of carbonyl (C=O) groups is 1. The summed E-state index contributed by atoms with van der Waals surface area (Å²) in [5, 5.41) is 3.19. The molecule has 4 aromatic rings. The number of ether oxygens (including phenoxy) is 3. The first-order valence-corrected chi connectivity index (χ1v) is 15.2. The molecule has 0 radical (unpaired) electrons. The van der Waals surface area contributed by atoms with Crippen LogP contribution in [0.5, 0.6) is 11.5 Å². The van der Waals surface area contributed by atoms with E-state index in [1.807, 2.05) is 30.3 Å². The molecule has 3 aliphatic rings. The maximum absolute atomic E-state index is 14.8. The minimum atomic E-state index is -1.27. The number of rotatable bonds is 7. The summed E-state index contributed by atoms with van der Waals surface area (Å²) in [4.78, 5) is 19.0. The van der Waals surface area contributed by atoms with Gasteiger partial charge in [-0.25, -0.2) is 9.37 Å². The van der Waals surface area contributed by atoms with Gasteiger partial charge in [-0.1, -0.05) is 23.7 Å². The largest absolute Gasteiger partial charge is 0.444 e. The third kappa shape index (κ3) is 5.46. The van der Waals surface area contributed by atoms with Gasteiger partial charge in [0.1, 0.15) is 11.6 Å². The van der Waals surface area contributed by atoms with Crippen LogP contribution in [-0.4, -0.2) is 46.2 Å². The Morgan fingerprint density at radius 2 is 1.93 bits per heavy atom. The summed E-state index contributed by atoms with van der Waals surface area (Å²) in [5.41, 5.74) is 4.07. The lowest BCUT2D eigenvalue weighted by Crippen LogP contribution is -2.35. The third-order valence-corrected chi connectivity index (χ3v) is 8.99. The van der Waals surface area contributed by atoms with Gasteiger partial charge in [0.05, 0.1) is 35.8 Å². The minimum absolute atomic E-state index is 0.104. The van der Waals surface area contributed by atoms with Gasteiger partial charge in [0.2, 0.25) is 5.91 Å². The van der Waals surface area contributed by atoms with Crippen molar-refractivity contribution in [2.24, 2.45) is 0 Å². The highest BCUT2D eigenvalue weighted by molar-refractivity contribution is 6.30. The van der Waals surface area contributed by atoms with Gasteiger partial charge in [-0.15, -0.1) is 0 Å². The van der Waals surface area contributed by atoms with Crippen molar-refractivity contribution in [1.82, 2.24) is 14.5 Å². The highest BCUT2D eigenvalue weighted by atomic mass is 35.5. The van der Waals surface area contributed by atoms with Gasteiger partial charge in [0, 0.05) is 36.7 Å². The minimum Gasteiger partial charge on any atom is -0.444 e. The number of hydrogen-bond donors (Lipinski definition) is 1. The van der Waals surface area contributed by atoms with E-state index in [2.05, 4.69) is 20.9 Å². The summed E-state index contributed by atoms with van der Waals surface area (Å²) in [6, 6.07) is 16.4. The number of aromatic nitrogens is 2. The molecule has 2 atom stereocenters. The molecule has 3 aliphatic heterocycles. The number of halogens is 2. The van der Waals surface area contributed by atoms with Gasteiger partial charge in [0.15, 0.2) is 11.5 Å². The number of likely N-dealkylation sites (tertiary alicyclic amines) is 1. The predicted octanol–water partition coefficient (Wildman–Crippen LogP) is 6.60. The molecule has 0 saturated carbocycles. The van der Waals surface area contributed by atoms with Crippen LogP contribution in [0.2, 0.25) is 5.02 Å². The fourth-order valence-electron chi connectivity index (χ4n) is 6.46. The molecule has 2 unspecified atom stereocenters. The van der Waals surface area contributed by atoms with Gasteiger partial charge in [0.25, 0.3) is 5.79 Å². The summed E-state index contributed by atoms with van der Waals surface area (Å²) in [6.07, 6.45) is 3.15. The van der Waals surface area contributed by atoms with Gasteiger partial charge in [-0.3, -0.25) is 9.69 Å². The van der Waals surface area contributed by atoms with Crippen molar-refractivity contribution in [2.45, 2.75) is 64.0 Å². The molecule has 10 heteroatoms. The Labute approximate surface area is 254 Å². The number of carbonyl (C=O) groups excluding carboxylic acids is 1. The topological polar surface area (TPSA) is 77.9 Å². The van der Waals surface area contributed by atoms with E-state index in [1.165, 1.54) is 13.0 Å². The van der Waals surface area contributed by atoms with E-state index < -0.39 is 11.6 Å². The molecule has 4 heterocycles. The highest BCUT2D eigenvalue weighted by Crippen LogP contribution is 2.50. The van der Waals surface area contributed by atoms with Crippen molar-refractivity contribution in [2.75, 3.05) is 25.0 Å². The normalized spacial score (nSPS) is 22.1. The SMILES string of the molecule is CC(=O)Nc1ccc2c(c1)nc(CN1CCC(c3cccc4c3OC(C)(c3ccc(Cl)cc3F)O4)CC1)n2CC1CCO1. The Bertz CT molecular complexity index is 1700. The maximum atomic E-state index is 14.8. The molecular weight excluding hydrogens is 571 g/mol. The lowest BCUT2D eigenvalue weighted by Gasteiger charge is -2.33. The number of nitrogens with zero attached hydrogens (tertiary/aromatic N) is 3. The summed E-state index contributed by atoms with van der Waals surface area (Å²) in [6.45, 7) is 7.35. The molecule has 1 aromatic heterocycles. The number of anilines is 1. The number of benzene rings is 3. The van der Waals surface area contributed by atoms with E-state index in [4.69, 9.17) is 30.8 Å². The zero-order valence-corrected chi connectivity index (χ0v) is 25.0. The Kier molecular flexibility index (Phi) is 7.27. The second-order valence-electron chi connectivity index (χ2n) is 11.8. The zero-order chi connectivity index (χ0) is 29.7. The van der Waals surface area contributed by atoms with Gasteiger partial charge in [-0.05, 0) is 80.7 Å². The number of hydrogen-bond acceptors (Lipinski definition) is 6. The lowest BCUT2D eigenvalue weighted by atomic mass is 9.88. The van der Waals surface area contributed by atoms with Crippen molar-refractivity contribution in [3.63, 3.8) is 0 Å². The van der Waals surface area contributed by atoms with E-state index in [9.17, 15) is 9.18 Å². The van der Waals surface area contributed by atoms with Crippen LogP contribution in [0.25, 0.3) is 11.0 Å². The van der Waals surface area contributed by atoms with Crippen LogP contribution < -0.4 is 14.8 Å². The molecule has 0 aliphatic carbocycles. The van der Waals surface area contributed by atoms with Crippen molar-refractivity contribution >= 4 is 34.2 Å². The van der Waals surface area contributed by atoms with Crippen LogP contribution in [0.1, 0.15) is 56.0 Å². The molecule has 0 bridgehead atoms. The first-order valence-electron chi connectivity index (χ1n) is 14.8. The number of nitrogens with one attached hydrogen (secondary N) is 1. The van der Waals surface area contributed by atoms with Crippen LogP contribution in [-0.2, 0) is 28.4 Å². The summed E-state index contributed by atoms with van der Waals surface area (Å²) in [5.74, 6) is 0.775. The smallest absolute Gasteiger partial charge is 0.278 e. The van der Waals surface area contributed by atoms with Crippen molar-refractivity contribution in [3.8, 4) is 11.5 Å². The summed E-state index contributed by atoms with van der Waals surface area (Å²) < 4.78 is 35.4. The average Bonchev–Trinajstić information content (AvgIpc) is 3.47. The molecule has 0 spiro atoms. The predicted molar refractivity (Wildman–Crippen MR) is 162 cm³/mol. The van der Waals surface area contributed by atoms with E-state index in [-0.39, 0.29) is 17.9 Å². The van der Waals surface area contributed by atoms with Crippen molar-refractivity contribution in [1.29, 1.82) is 0 Å². The van der Waals surface area contributed by atoms with Crippen molar-refractivity contribution in [3.05, 3.63) is 82.4 Å². The van der Waals surface area contributed by atoms with Gasteiger partial charge in [-0.2, -0.15) is 0 Å². The van der Waals surface area contributed by atoms with Crippen LogP contribution in [0.15, 0.2) is 54.6 Å². The lowest BCUT2D eigenvalue weighted by molar-refractivity contribution is -0.114. The fraction of sp³-hybridized carbons (Fsp3) is 0.394. The van der Waals surface area contributed by atoms with E-state index >= 15 is 0 Å². The van der Waals surface area contributed by atoms with Crippen LogP contribution >= 0.6 is 11.6 Å². The number of para-hydroxylation sites is 1. The quantitative estimate of drug-likeness (QED) is 0.256.